The maximum atomic E-state index is 11.9. The smallest absolute Gasteiger partial charge is 0.315 e. The first kappa shape index (κ1) is 17.3. The molecular formula is C18H27N3O2. The third-order valence-electron chi connectivity index (χ3n) is 4.07. The van der Waals surface area contributed by atoms with E-state index in [0.717, 1.165) is 36.9 Å². The van der Waals surface area contributed by atoms with Crippen LogP contribution in [0.15, 0.2) is 24.3 Å². The molecule has 1 aliphatic rings. The summed E-state index contributed by atoms with van der Waals surface area (Å²) in [4.78, 5) is 23.6. The van der Waals surface area contributed by atoms with Crippen LogP contribution >= 0.6 is 0 Å². The lowest BCUT2D eigenvalue weighted by Crippen LogP contribution is -2.41. The van der Waals surface area contributed by atoms with Crippen LogP contribution in [0.1, 0.15) is 58.1 Å². The molecule has 126 valence electrons. The van der Waals surface area contributed by atoms with E-state index in [2.05, 4.69) is 22.9 Å². The Bertz CT molecular complexity index is 538. The minimum absolute atomic E-state index is 0.0861. The van der Waals surface area contributed by atoms with Crippen molar-refractivity contribution in [2.75, 3.05) is 5.32 Å². The van der Waals surface area contributed by atoms with Gasteiger partial charge < -0.3 is 16.0 Å². The molecule has 1 aliphatic carbocycles. The Hall–Kier alpha value is -2.04. The zero-order valence-electron chi connectivity index (χ0n) is 14.2. The number of carbonyl (C=O) groups is 2. The maximum Gasteiger partial charge on any atom is 0.315 e. The highest BCUT2D eigenvalue weighted by molar-refractivity contribution is 5.94. The zero-order valence-corrected chi connectivity index (χ0v) is 14.2. The molecule has 5 heteroatoms. The van der Waals surface area contributed by atoms with Gasteiger partial charge >= 0.3 is 6.03 Å². The molecule has 5 nitrogen and oxygen atoms in total. The monoisotopic (exact) mass is 317 g/mol. The van der Waals surface area contributed by atoms with Gasteiger partial charge in [-0.2, -0.15) is 0 Å². The summed E-state index contributed by atoms with van der Waals surface area (Å²) in [5.41, 5.74) is 1.81. The fourth-order valence-corrected chi connectivity index (χ4v) is 2.50. The van der Waals surface area contributed by atoms with Crippen LogP contribution in [0.25, 0.3) is 0 Å². The second kappa shape index (κ2) is 7.99. The normalized spacial score (nSPS) is 16.3. The molecule has 0 saturated heterocycles. The molecule has 23 heavy (non-hydrogen) atoms. The summed E-state index contributed by atoms with van der Waals surface area (Å²) in [5, 5.41) is 8.78. The van der Waals surface area contributed by atoms with Crippen molar-refractivity contribution in [3.05, 3.63) is 29.8 Å². The first-order valence-corrected chi connectivity index (χ1v) is 8.47. The number of nitrogens with one attached hydrogen (secondary N) is 3. The number of urea groups is 1. The molecule has 1 saturated carbocycles. The maximum absolute atomic E-state index is 11.9. The first-order valence-electron chi connectivity index (χ1n) is 8.47. The molecule has 0 radical (unpaired) electrons. The van der Waals surface area contributed by atoms with Crippen LogP contribution in [0.5, 0.6) is 0 Å². The average molecular weight is 317 g/mol. The van der Waals surface area contributed by atoms with E-state index in [0.29, 0.717) is 0 Å². The molecule has 3 amide bonds. The standard InChI is InChI=1S/C18H27N3O2/c1-4-5-12(2)19-18(23)20-13(3)14-8-10-16(11-9-14)21-17(22)15-6-7-15/h8-13,15H,4-7H2,1-3H3,(H,21,22)(H2,19,20,23). The number of hydrogen-bond donors (Lipinski definition) is 3. The molecule has 0 spiro atoms. The lowest BCUT2D eigenvalue weighted by molar-refractivity contribution is -0.117. The number of anilines is 1. The molecule has 0 aliphatic heterocycles. The van der Waals surface area contributed by atoms with Gasteiger partial charge in [-0.15, -0.1) is 0 Å². The van der Waals surface area contributed by atoms with Gasteiger partial charge in [-0.25, -0.2) is 4.79 Å². The van der Waals surface area contributed by atoms with Gasteiger partial charge in [-0.1, -0.05) is 25.5 Å². The van der Waals surface area contributed by atoms with Crippen molar-refractivity contribution in [1.82, 2.24) is 10.6 Å². The molecule has 1 aromatic rings. The van der Waals surface area contributed by atoms with E-state index in [4.69, 9.17) is 0 Å². The van der Waals surface area contributed by atoms with E-state index in [1.165, 1.54) is 0 Å². The van der Waals surface area contributed by atoms with Gasteiger partial charge in [0, 0.05) is 17.6 Å². The van der Waals surface area contributed by atoms with Gasteiger partial charge in [0.2, 0.25) is 5.91 Å². The van der Waals surface area contributed by atoms with Crippen LogP contribution in [-0.4, -0.2) is 18.0 Å². The van der Waals surface area contributed by atoms with E-state index >= 15 is 0 Å². The van der Waals surface area contributed by atoms with Gasteiger partial charge in [0.05, 0.1) is 6.04 Å². The first-order chi connectivity index (χ1) is 11.0. The van der Waals surface area contributed by atoms with E-state index in [-0.39, 0.29) is 29.9 Å². The van der Waals surface area contributed by atoms with Gasteiger partial charge in [0.25, 0.3) is 0 Å². The summed E-state index contributed by atoms with van der Waals surface area (Å²) < 4.78 is 0. The molecule has 0 heterocycles. The molecule has 3 N–H and O–H groups in total. The zero-order chi connectivity index (χ0) is 16.8. The topological polar surface area (TPSA) is 70.2 Å². The lowest BCUT2D eigenvalue weighted by atomic mass is 10.1. The Labute approximate surface area is 138 Å². The van der Waals surface area contributed by atoms with Crippen molar-refractivity contribution >= 4 is 17.6 Å². The average Bonchev–Trinajstić information content (AvgIpc) is 3.32. The van der Waals surface area contributed by atoms with Crippen molar-refractivity contribution in [3.8, 4) is 0 Å². The Balaban J connectivity index is 1.83. The molecule has 2 unspecified atom stereocenters. The van der Waals surface area contributed by atoms with Crippen LogP contribution in [-0.2, 0) is 4.79 Å². The molecule has 0 bridgehead atoms. The summed E-state index contributed by atoms with van der Waals surface area (Å²) in [5.74, 6) is 0.303. The van der Waals surface area contributed by atoms with E-state index in [9.17, 15) is 9.59 Å². The number of carbonyl (C=O) groups excluding carboxylic acids is 2. The van der Waals surface area contributed by atoms with Crippen molar-refractivity contribution in [2.24, 2.45) is 5.92 Å². The third kappa shape index (κ3) is 5.58. The summed E-state index contributed by atoms with van der Waals surface area (Å²) in [7, 11) is 0. The predicted molar refractivity (Wildman–Crippen MR) is 92.2 cm³/mol. The Kier molecular flexibility index (Phi) is 6.02. The number of hydrogen-bond acceptors (Lipinski definition) is 2. The van der Waals surface area contributed by atoms with E-state index < -0.39 is 0 Å². The lowest BCUT2D eigenvalue weighted by Gasteiger charge is -2.18. The molecule has 1 fully saturated rings. The predicted octanol–water partition coefficient (Wildman–Crippen LogP) is 3.58. The van der Waals surface area contributed by atoms with Gasteiger partial charge in [-0.05, 0) is 50.8 Å². The van der Waals surface area contributed by atoms with Crippen LogP contribution < -0.4 is 16.0 Å². The molecule has 2 atom stereocenters. The summed E-state index contributed by atoms with van der Waals surface area (Å²) in [6.45, 7) is 6.05. The molecule has 0 aromatic heterocycles. The molecule has 2 rings (SSSR count). The summed E-state index contributed by atoms with van der Waals surface area (Å²) >= 11 is 0. The van der Waals surface area contributed by atoms with Crippen LogP contribution in [0, 0.1) is 5.92 Å². The van der Waals surface area contributed by atoms with E-state index in [1.54, 1.807) is 0 Å². The fraction of sp³-hybridized carbons (Fsp3) is 0.556. The Morgan fingerprint density at radius 2 is 1.78 bits per heavy atom. The molecule has 1 aromatic carbocycles. The second-order valence-corrected chi connectivity index (χ2v) is 6.41. The Morgan fingerprint density at radius 1 is 1.13 bits per heavy atom. The van der Waals surface area contributed by atoms with Crippen LogP contribution in [0.2, 0.25) is 0 Å². The van der Waals surface area contributed by atoms with Crippen molar-refractivity contribution in [1.29, 1.82) is 0 Å². The quantitative estimate of drug-likeness (QED) is 0.719. The van der Waals surface area contributed by atoms with E-state index in [1.807, 2.05) is 38.1 Å². The van der Waals surface area contributed by atoms with Crippen LogP contribution in [0.4, 0.5) is 10.5 Å². The van der Waals surface area contributed by atoms with Gasteiger partial charge in [-0.3, -0.25) is 4.79 Å². The summed E-state index contributed by atoms with van der Waals surface area (Å²) in [6.07, 6.45) is 4.01. The summed E-state index contributed by atoms with van der Waals surface area (Å²) in [6, 6.07) is 7.57. The highest BCUT2D eigenvalue weighted by Crippen LogP contribution is 2.30. The number of benzene rings is 1. The van der Waals surface area contributed by atoms with Crippen LogP contribution in [0.3, 0.4) is 0 Å². The molecular weight excluding hydrogens is 290 g/mol. The minimum Gasteiger partial charge on any atom is -0.336 e. The van der Waals surface area contributed by atoms with Crippen molar-refractivity contribution in [3.63, 3.8) is 0 Å². The number of rotatable bonds is 7. The largest absolute Gasteiger partial charge is 0.336 e. The Morgan fingerprint density at radius 3 is 2.35 bits per heavy atom. The fourth-order valence-electron chi connectivity index (χ4n) is 2.50. The van der Waals surface area contributed by atoms with Gasteiger partial charge in [0.15, 0.2) is 0 Å². The SMILES string of the molecule is CCCC(C)NC(=O)NC(C)c1ccc(NC(=O)C2CC2)cc1. The third-order valence-corrected chi connectivity index (χ3v) is 4.07. The minimum atomic E-state index is -0.149. The highest BCUT2D eigenvalue weighted by Gasteiger charge is 2.29. The van der Waals surface area contributed by atoms with Crippen molar-refractivity contribution in [2.45, 2.75) is 58.5 Å². The highest BCUT2D eigenvalue weighted by atomic mass is 16.2. The van der Waals surface area contributed by atoms with Crippen molar-refractivity contribution < 1.29 is 9.59 Å². The second-order valence-electron chi connectivity index (χ2n) is 6.41. The van der Waals surface area contributed by atoms with Gasteiger partial charge in [0.1, 0.15) is 0 Å². The number of amides is 3.